The molecular formula is C14H21N3. The standard InChI is InChI=1S/C14H21N3/c1-2-3-9-13(15)17-14(16)11-10-12-7-5-4-6-8-12/h4-8H,2-3,9-11H2,1H3,(H3,15,16,17). The van der Waals surface area contributed by atoms with Gasteiger partial charge in [-0.15, -0.1) is 0 Å². The van der Waals surface area contributed by atoms with Crippen molar-refractivity contribution in [3.05, 3.63) is 35.9 Å². The summed E-state index contributed by atoms with van der Waals surface area (Å²) in [5, 5.41) is 7.74. The normalized spacial score (nSPS) is 11.5. The number of hydrogen-bond acceptors (Lipinski definition) is 1. The molecule has 0 saturated carbocycles. The highest BCUT2D eigenvalue weighted by molar-refractivity contribution is 5.94. The molecule has 0 radical (unpaired) electrons. The van der Waals surface area contributed by atoms with Crippen molar-refractivity contribution in [2.75, 3.05) is 0 Å². The van der Waals surface area contributed by atoms with Crippen LogP contribution in [0.1, 0.15) is 38.2 Å². The summed E-state index contributed by atoms with van der Waals surface area (Å²) >= 11 is 0. The van der Waals surface area contributed by atoms with E-state index >= 15 is 0 Å². The fourth-order valence-corrected chi connectivity index (χ4v) is 1.55. The summed E-state index contributed by atoms with van der Waals surface area (Å²) < 4.78 is 0. The van der Waals surface area contributed by atoms with Crippen molar-refractivity contribution >= 4 is 11.7 Å². The molecule has 0 heterocycles. The van der Waals surface area contributed by atoms with Gasteiger partial charge < -0.3 is 5.73 Å². The maximum absolute atomic E-state index is 7.74. The molecule has 0 spiro atoms. The third-order valence-electron chi connectivity index (χ3n) is 2.56. The summed E-state index contributed by atoms with van der Waals surface area (Å²) in [4.78, 5) is 4.11. The van der Waals surface area contributed by atoms with Crippen LogP contribution >= 0.6 is 0 Å². The number of unbranched alkanes of at least 4 members (excludes halogenated alkanes) is 1. The quantitative estimate of drug-likeness (QED) is 0.573. The first kappa shape index (κ1) is 13.4. The second-order valence-corrected chi connectivity index (χ2v) is 4.14. The van der Waals surface area contributed by atoms with Crippen LogP contribution in [-0.4, -0.2) is 11.7 Å². The van der Waals surface area contributed by atoms with Crippen LogP contribution in [-0.2, 0) is 6.42 Å². The minimum Gasteiger partial charge on any atom is -0.387 e. The van der Waals surface area contributed by atoms with Crippen molar-refractivity contribution in [2.45, 2.75) is 39.0 Å². The molecule has 0 aliphatic rings. The van der Waals surface area contributed by atoms with E-state index in [1.165, 1.54) is 5.56 Å². The molecule has 0 fully saturated rings. The Balaban J connectivity index is 2.35. The van der Waals surface area contributed by atoms with E-state index in [0.29, 0.717) is 18.1 Å². The highest BCUT2D eigenvalue weighted by Crippen LogP contribution is 2.03. The average Bonchev–Trinajstić information content (AvgIpc) is 2.35. The molecule has 0 aromatic heterocycles. The first-order valence-electron chi connectivity index (χ1n) is 6.16. The summed E-state index contributed by atoms with van der Waals surface area (Å²) in [6, 6.07) is 10.2. The number of aryl methyl sites for hydroxylation is 1. The first-order chi connectivity index (χ1) is 8.22. The van der Waals surface area contributed by atoms with E-state index < -0.39 is 0 Å². The van der Waals surface area contributed by atoms with E-state index in [-0.39, 0.29) is 0 Å². The van der Waals surface area contributed by atoms with Gasteiger partial charge in [0.15, 0.2) is 0 Å². The number of aliphatic imine (C=N–C) groups is 1. The Bertz CT molecular complexity index is 368. The van der Waals surface area contributed by atoms with E-state index in [0.717, 1.165) is 25.7 Å². The number of nitrogens with two attached hydrogens (primary N) is 1. The Labute approximate surface area is 103 Å². The van der Waals surface area contributed by atoms with Gasteiger partial charge in [-0.2, -0.15) is 0 Å². The summed E-state index contributed by atoms with van der Waals surface area (Å²) in [6.07, 6.45) is 4.44. The predicted octanol–water partition coefficient (Wildman–Crippen LogP) is 3.14. The Morgan fingerprint density at radius 3 is 2.59 bits per heavy atom. The van der Waals surface area contributed by atoms with Crippen LogP contribution in [0.2, 0.25) is 0 Å². The maximum Gasteiger partial charge on any atom is 0.122 e. The molecule has 0 bridgehead atoms. The molecule has 1 aromatic rings. The van der Waals surface area contributed by atoms with Gasteiger partial charge >= 0.3 is 0 Å². The Morgan fingerprint density at radius 2 is 1.94 bits per heavy atom. The third-order valence-corrected chi connectivity index (χ3v) is 2.56. The number of nitrogens with zero attached hydrogens (tertiary/aromatic N) is 1. The summed E-state index contributed by atoms with van der Waals surface area (Å²) in [6.45, 7) is 2.12. The highest BCUT2D eigenvalue weighted by Gasteiger charge is 1.98. The van der Waals surface area contributed by atoms with E-state index in [4.69, 9.17) is 11.1 Å². The predicted molar refractivity (Wildman–Crippen MR) is 73.6 cm³/mol. The van der Waals surface area contributed by atoms with Gasteiger partial charge in [-0.05, 0) is 18.4 Å². The van der Waals surface area contributed by atoms with Gasteiger partial charge in [-0.25, -0.2) is 4.99 Å². The Morgan fingerprint density at radius 1 is 1.24 bits per heavy atom. The molecule has 0 saturated heterocycles. The van der Waals surface area contributed by atoms with Gasteiger partial charge in [-0.1, -0.05) is 43.7 Å². The van der Waals surface area contributed by atoms with Crippen molar-refractivity contribution in [3.63, 3.8) is 0 Å². The second kappa shape index (κ2) is 7.60. The van der Waals surface area contributed by atoms with Gasteiger partial charge in [0.25, 0.3) is 0 Å². The summed E-state index contributed by atoms with van der Waals surface area (Å²) in [5.74, 6) is 0.965. The van der Waals surface area contributed by atoms with Crippen molar-refractivity contribution in [3.8, 4) is 0 Å². The molecule has 0 amide bonds. The number of nitrogens with one attached hydrogen (secondary N) is 1. The molecule has 0 atom stereocenters. The highest BCUT2D eigenvalue weighted by atomic mass is 14.9. The van der Waals surface area contributed by atoms with Crippen molar-refractivity contribution in [2.24, 2.45) is 10.7 Å². The average molecular weight is 231 g/mol. The smallest absolute Gasteiger partial charge is 0.122 e. The molecule has 0 aliphatic heterocycles. The zero-order valence-corrected chi connectivity index (χ0v) is 10.4. The lowest BCUT2D eigenvalue weighted by molar-refractivity contribution is 0.831. The van der Waals surface area contributed by atoms with E-state index in [9.17, 15) is 0 Å². The summed E-state index contributed by atoms with van der Waals surface area (Å²) in [5.41, 5.74) is 6.97. The van der Waals surface area contributed by atoms with Crippen LogP contribution in [0.25, 0.3) is 0 Å². The van der Waals surface area contributed by atoms with Crippen LogP contribution in [0.4, 0.5) is 0 Å². The Hall–Kier alpha value is -1.64. The SMILES string of the molecule is CCCCC(N)=NC(=N)CCc1ccccc1. The lowest BCUT2D eigenvalue weighted by Crippen LogP contribution is -2.14. The lowest BCUT2D eigenvalue weighted by atomic mass is 10.1. The largest absolute Gasteiger partial charge is 0.387 e. The third kappa shape index (κ3) is 5.85. The molecule has 3 heteroatoms. The van der Waals surface area contributed by atoms with Gasteiger partial charge in [0.05, 0.1) is 0 Å². The molecule has 0 aliphatic carbocycles. The topological polar surface area (TPSA) is 62.2 Å². The number of benzene rings is 1. The van der Waals surface area contributed by atoms with Crippen LogP contribution in [0.5, 0.6) is 0 Å². The first-order valence-corrected chi connectivity index (χ1v) is 6.16. The molecule has 0 unspecified atom stereocenters. The summed E-state index contributed by atoms with van der Waals surface area (Å²) in [7, 11) is 0. The van der Waals surface area contributed by atoms with Crippen molar-refractivity contribution in [1.82, 2.24) is 0 Å². The van der Waals surface area contributed by atoms with Gasteiger partial charge in [0.1, 0.15) is 11.7 Å². The van der Waals surface area contributed by atoms with Crippen LogP contribution in [0, 0.1) is 5.41 Å². The minimum atomic E-state index is 0.377. The number of amidine groups is 2. The molecule has 1 aromatic carbocycles. The zero-order valence-electron chi connectivity index (χ0n) is 10.4. The second-order valence-electron chi connectivity index (χ2n) is 4.14. The fourth-order valence-electron chi connectivity index (χ4n) is 1.55. The molecule has 17 heavy (non-hydrogen) atoms. The fraction of sp³-hybridized carbons (Fsp3) is 0.429. The van der Waals surface area contributed by atoms with Crippen molar-refractivity contribution < 1.29 is 0 Å². The van der Waals surface area contributed by atoms with E-state index in [1.54, 1.807) is 0 Å². The molecule has 3 N–H and O–H groups in total. The van der Waals surface area contributed by atoms with Crippen molar-refractivity contribution in [1.29, 1.82) is 5.41 Å². The van der Waals surface area contributed by atoms with Gasteiger partial charge in [0, 0.05) is 12.8 Å². The molecule has 3 nitrogen and oxygen atoms in total. The van der Waals surface area contributed by atoms with Gasteiger partial charge in [-0.3, -0.25) is 5.41 Å². The van der Waals surface area contributed by atoms with Gasteiger partial charge in [0.2, 0.25) is 0 Å². The minimum absolute atomic E-state index is 0.377. The molecular weight excluding hydrogens is 210 g/mol. The van der Waals surface area contributed by atoms with E-state index in [1.807, 2.05) is 18.2 Å². The maximum atomic E-state index is 7.74. The lowest BCUT2D eigenvalue weighted by Gasteiger charge is -2.02. The van der Waals surface area contributed by atoms with Crippen LogP contribution in [0.15, 0.2) is 35.3 Å². The van der Waals surface area contributed by atoms with Crippen LogP contribution in [0.3, 0.4) is 0 Å². The zero-order chi connectivity index (χ0) is 12.5. The van der Waals surface area contributed by atoms with Crippen LogP contribution < -0.4 is 5.73 Å². The van der Waals surface area contributed by atoms with E-state index in [2.05, 4.69) is 24.0 Å². The molecule has 92 valence electrons. The number of hydrogen-bond donors (Lipinski definition) is 2. The molecule has 1 rings (SSSR count). The monoisotopic (exact) mass is 231 g/mol. The Kier molecular flexibility index (Phi) is 6.00. The number of rotatable bonds is 6.